The van der Waals surface area contributed by atoms with Crippen LogP contribution in [-0.4, -0.2) is 34.7 Å². The largest absolute Gasteiger partial charge is 0.507 e. The van der Waals surface area contributed by atoms with Gasteiger partial charge in [0.15, 0.2) is 0 Å². The molecule has 41 heavy (non-hydrogen) atoms. The first kappa shape index (κ1) is 32.9. The van der Waals surface area contributed by atoms with E-state index in [1.54, 1.807) is 0 Å². The fraction of sp³-hybridized carbons (Fsp3) is 0.622. The minimum atomic E-state index is -0.174. The lowest BCUT2D eigenvalue weighted by Crippen LogP contribution is -2.27. The Morgan fingerprint density at radius 3 is 1.90 bits per heavy atom. The summed E-state index contributed by atoms with van der Waals surface area (Å²) in [5, 5.41) is 22.5. The third-order valence-electron chi connectivity index (χ3n) is 8.62. The maximum Gasteiger partial charge on any atom is 0.128 e. The first-order valence-corrected chi connectivity index (χ1v) is 16.1. The van der Waals surface area contributed by atoms with E-state index in [1.165, 1.54) is 11.1 Å². The van der Waals surface area contributed by atoms with E-state index in [1.807, 2.05) is 12.4 Å². The van der Waals surface area contributed by atoms with Gasteiger partial charge in [-0.3, -0.25) is 9.98 Å². The van der Waals surface area contributed by atoms with Crippen molar-refractivity contribution in [1.82, 2.24) is 0 Å². The molecule has 0 aromatic heterocycles. The number of hydrogen-bond donors (Lipinski definition) is 2. The summed E-state index contributed by atoms with van der Waals surface area (Å²) in [6, 6.07) is 8.69. The van der Waals surface area contributed by atoms with Crippen molar-refractivity contribution in [2.45, 2.75) is 149 Å². The average molecular weight is 561 g/mol. The van der Waals surface area contributed by atoms with Crippen LogP contribution in [0.4, 0.5) is 0 Å². The van der Waals surface area contributed by atoms with E-state index >= 15 is 0 Å². The summed E-state index contributed by atoms with van der Waals surface area (Å²) in [4.78, 5) is 10.1. The van der Waals surface area contributed by atoms with Gasteiger partial charge < -0.3 is 10.2 Å². The summed E-state index contributed by atoms with van der Waals surface area (Å²) in [7, 11) is 0. The van der Waals surface area contributed by atoms with Crippen LogP contribution < -0.4 is 0 Å². The summed E-state index contributed by atoms with van der Waals surface area (Å²) in [6.45, 7) is 19.7. The first-order valence-electron chi connectivity index (χ1n) is 16.1. The maximum atomic E-state index is 11.2. The number of rotatable bonds is 10. The fourth-order valence-electron chi connectivity index (χ4n) is 5.88. The van der Waals surface area contributed by atoms with Crippen molar-refractivity contribution >= 4 is 12.4 Å². The van der Waals surface area contributed by atoms with Crippen molar-refractivity contribution in [3.63, 3.8) is 0 Å². The zero-order valence-corrected chi connectivity index (χ0v) is 27.3. The normalized spacial score (nSPS) is 19.3. The highest BCUT2D eigenvalue weighted by Crippen LogP contribution is 2.38. The molecule has 0 aliphatic heterocycles. The van der Waals surface area contributed by atoms with Crippen LogP contribution in [0.3, 0.4) is 0 Å². The number of nitrogens with zero attached hydrogens (tertiary/aromatic N) is 2. The molecule has 4 heteroatoms. The second-order valence-electron chi connectivity index (χ2n) is 14.4. The Balaban J connectivity index is 1.94. The number of phenols is 2. The topological polar surface area (TPSA) is 65.2 Å². The van der Waals surface area contributed by atoms with Gasteiger partial charge in [-0.05, 0) is 77.7 Å². The molecule has 0 radical (unpaired) electrons. The lowest BCUT2D eigenvalue weighted by Gasteiger charge is -2.28. The van der Waals surface area contributed by atoms with Crippen molar-refractivity contribution in [2.75, 3.05) is 0 Å². The number of unbranched alkanes of at least 4 members (excludes halogenated alkanes) is 1. The number of aryl methyl sites for hydroxylation is 1. The molecule has 1 aliphatic carbocycles. The van der Waals surface area contributed by atoms with E-state index in [0.717, 1.165) is 80.0 Å². The monoisotopic (exact) mass is 560 g/mol. The molecule has 0 bridgehead atoms. The molecule has 2 N–H and O–H groups in total. The quantitative estimate of drug-likeness (QED) is 0.284. The number of hydrogen-bond acceptors (Lipinski definition) is 4. The van der Waals surface area contributed by atoms with Gasteiger partial charge in [0.25, 0.3) is 0 Å². The van der Waals surface area contributed by atoms with Gasteiger partial charge in [0, 0.05) is 29.1 Å². The molecular formula is C37H56N2O2. The smallest absolute Gasteiger partial charge is 0.128 e. The van der Waals surface area contributed by atoms with E-state index < -0.39 is 0 Å². The standard InChI is InChI=1S/C37H56N2O2/c1-10-12-16-26-19-27(34(40)30(20-26)25(3)15-11-2)23-38-32-17-13-14-18-33(32)39-24-28-21-29(36(4,5)6)22-31(35(28)41)37(7,8)9/h19-25,32-33,40-41H,10-18H2,1-9H3/t25?,32-,33-/m1/s1. The van der Waals surface area contributed by atoms with Crippen molar-refractivity contribution < 1.29 is 10.2 Å². The van der Waals surface area contributed by atoms with Crippen LogP contribution in [0.1, 0.15) is 153 Å². The Labute approximate surface area is 250 Å². The van der Waals surface area contributed by atoms with Gasteiger partial charge in [0.2, 0.25) is 0 Å². The number of aliphatic imine (C=N–C) groups is 2. The first-order chi connectivity index (χ1) is 19.3. The molecule has 0 heterocycles. The molecule has 1 aliphatic rings. The Morgan fingerprint density at radius 1 is 0.805 bits per heavy atom. The number of benzene rings is 2. The van der Waals surface area contributed by atoms with Gasteiger partial charge in [0.1, 0.15) is 11.5 Å². The molecule has 2 aromatic carbocycles. The summed E-state index contributed by atoms with van der Waals surface area (Å²) >= 11 is 0. The van der Waals surface area contributed by atoms with E-state index in [9.17, 15) is 10.2 Å². The summed E-state index contributed by atoms with van der Waals surface area (Å²) in [5.41, 5.74) is 5.89. The van der Waals surface area contributed by atoms with Crippen LogP contribution in [0.5, 0.6) is 11.5 Å². The number of phenolic OH excluding ortho intramolecular Hbond substituents is 2. The summed E-state index contributed by atoms with van der Waals surface area (Å²) < 4.78 is 0. The molecule has 226 valence electrons. The molecule has 4 nitrogen and oxygen atoms in total. The van der Waals surface area contributed by atoms with Gasteiger partial charge >= 0.3 is 0 Å². The molecule has 3 atom stereocenters. The molecule has 0 saturated heterocycles. The second-order valence-corrected chi connectivity index (χ2v) is 14.4. The Hall–Kier alpha value is -2.62. The van der Waals surface area contributed by atoms with Gasteiger partial charge in [-0.15, -0.1) is 0 Å². The predicted octanol–water partition coefficient (Wildman–Crippen LogP) is 9.79. The lowest BCUT2D eigenvalue weighted by molar-refractivity contribution is 0.390. The minimum Gasteiger partial charge on any atom is -0.507 e. The van der Waals surface area contributed by atoms with E-state index in [-0.39, 0.29) is 22.9 Å². The van der Waals surface area contributed by atoms with Gasteiger partial charge in [-0.2, -0.15) is 0 Å². The highest BCUT2D eigenvalue weighted by Gasteiger charge is 2.26. The van der Waals surface area contributed by atoms with Gasteiger partial charge in [-0.1, -0.05) is 100 Å². The van der Waals surface area contributed by atoms with Crippen LogP contribution >= 0.6 is 0 Å². The van der Waals surface area contributed by atoms with Crippen molar-refractivity contribution in [2.24, 2.45) is 9.98 Å². The van der Waals surface area contributed by atoms with E-state index in [0.29, 0.717) is 17.4 Å². The highest BCUT2D eigenvalue weighted by molar-refractivity contribution is 5.86. The van der Waals surface area contributed by atoms with Gasteiger partial charge in [0.05, 0.1) is 12.1 Å². The van der Waals surface area contributed by atoms with Crippen LogP contribution in [0.25, 0.3) is 0 Å². The van der Waals surface area contributed by atoms with Crippen molar-refractivity contribution in [1.29, 1.82) is 0 Å². The molecular weight excluding hydrogens is 504 g/mol. The van der Waals surface area contributed by atoms with Crippen LogP contribution in [-0.2, 0) is 17.3 Å². The van der Waals surface area contributed by atoms with Crippen molar-refractivity contribution in [3.05, 3.63) is 57.6 Å². The van der Waals surface area contributed by atoms with Crippen LogP contribution in [0.2, 0.25) is 0 Å². The Morgan fingerprint density at radius 2 is 1.39 bits per heavy atom. The average Bonchev–Trinajstić information content (AvgIpc) is 2.90. The molecule has 3 rings (SSSR count). The van der Waals surface area contributed by atoms with Crippen LogP contribution in [0.15, 0.2) is 34.3 Å². The highest BCUT2D eigenvalue weighted by atomic mass is 16.3. The second kappa shape index (κ2) is 14.0. The fourth-order valence-corrected chi connectivity index (χ4v) is 5.88. The SMILES string of the molecule is CCCCc1cc(C=N[C@@H]2CCCC[C@H]2N=Cc2cc(C(C)(C)C)cc(C(C)(C)C)c2O)c(O)c(C(C)CCC)c1. The van der Waals surface area contributed by atoms with E-state index in [2.05, 4.69) is 86.6 Å². The third kappa shape index (κ3) is 8.69. The third-order valence-corrected chi connectivity index (χ3v) is 8.62. The number of aromatic hydroxyl groups is 2. The molecule has 2 aromatic rings. The lowest BCUT2D eigenvalue weighted by atomic mass is 9.79. The van der Waals surface area contributed by atoms with Crippen molar-refractivity contribution in [3.8, 4) is 11.5 Å². The molecule has 1 unspecified atom stereocenters. The Kier molecular flexibility index (Phi) is 11.3. The minimum absolute atomic E-state index is 0.0326. The zero-order chi connectivity index (χ0) is 30.4. The summed E-state index contributed by atoms with van der Waals surface area (Å²) in [6.07, 6.45) is 13.5. The predicted molar refractivity (Wildman–Crippen MR) is 177 cm³/mol. The molecule has 1 saturated carbocycles. The molecule has 1 fully saturated rings. The molecule has 0 spiro atoms. The summed E-state index contributed by atoms with van der Waals surface area (Å²) in [5.74, 6) is 1.02. The Bertz CT molecular complexity index is 1210. The van der Waals surface area contributed by atoms with Gasteiger partial charge in [-0.25, -0.2) is 0 Å². The van der Waals surface area contributed by atoms with Crippen LogP contribution in [0, 0.1) is 0 Å². The van der Waals surface area contributed by atoms with E-state index in [4.69, 9.17) is 9.98 Å². The maximum absolute atomic E-state index is 11.2. The zero-order valence-electron chi connectivity index (χ0n) is 27.3. The molecule has 0 amide bonds.